The van der Waals surface area contributed by atoms with Gasteiger partial charge in [0.15, 0.2) is 0 Å². The lowest BCUT2D eigenvalue weighted by Crippen LogP contribution is -1.93. The third-order valence-electron chi connectivity index (χ3n) is 0.394. The summed E-state index contributed by atoms with van der Waals surface area (Å²) >= 11 is 0. The van der Waals surface area contributed by atoms with Crippen LogP contribution in [-0.2, 0) is 0 Å². The molecule has 1 heteroatoms. The Morgan fingerprint density at radius 3 is 2.50 bits per heavy atom. The highest BCUT2D eigenvalue weighted by Crippen LogP contribution is 1.73. The first-order chi connectivity index (χ1) is 2.81. The van der Waals surface area contributed by atoms with Crippen LogP contribution in [0.3, 0.4) is 0 Å². The van der Waals surface area contributed by atoms with Gasteiger partial charge < -0.3 is 5.11 Å². The number of aliphatic hydroxyl groups is 1. The van der Waals surface area contributed by atoms with E-state index in [0.717, 1.165) is 0 Å². The second-order valence-electron chi connectivity index (χ2n) is 0.847. The summed E-state index contributed by atoms with van der Waals surface area (Å²) in [6, 6.07) is 0. The lowest BCUT2D eigenvalue weighted by Gasteiger charge is -1.84. The van der Waals surface area contributed by atoms with Gasteiger partial charge in [0.1, 0.15) is 6.10 Å². The van der Waals surface area contributed by atoms with Crippen LogP contribution in [0.4, 0.5) is 0 Å². The Morgan fingerprint density at radius 1 is 2.00 bits per heavy atom. The summed E-state index contributed by atoms with van der Waals surface area (Å²) < 4.78 is 0. The largest absolute Gasteiger partial charge is 0.377 e. The Bertz CT molecular complexity index is 78.4. The Morgan fingerprint density at radius 2 is 2.50 bits per heavy atom. The highest BCUT2D eigenvalue weighted by Gasteiger charge is 1.81. The molecule has 0 spiro atoms. The van der Waals surface area contributed by atoms with Crippen molar-refractivity contribution in [3.05, 3.63) is 12.7 Å². The maximum Gasteiger partial charge on any atom is 0.132 e. The fourth-order valence-electron chi connectivity index (χ4n) is 0.0680. The molecule has 0 aromatic rings. The van der Waals surface area contributed by atoms with Gasteiger partial charge in [0.05, 0.1) is 0 Å². The number of terminal acetylenes is 1. The summed E-state index contributed by atoms with van der Waals surface area (Å²) in [6.07, 6.45) is 5.23. The normalized spacial score (nSPS) is 12.0. The second kappa shape index (κ2) is 2.49. The lowest BCUT2D eigenvalue weighted by molar-refractivity contribution is 0.281. The van der Waals surface area contributed by atoms with E-state index in [9.17, 15) is 0 Å². The molecule has 1 N–H and O–H groups in total. The van der Waals surface area contributed by atoms with Gasteiger partial charge in [0.2, 0.25) is 0 Å². The highest BCUT2D eigenvalue weighted by molar-refractivity contribution is 5.02. The molecule has 32 valence electrons. The minimum atomic E-state index is -0.773. The predicted molar refractivity (Wildman–Crippen MR) is 25.0 cm³/mol. The fourth-order valence-corrected chi connectivity index (χ4v) is 0.0680. The molecule has 0 fully saturated rings. The van der Waals surface area contributed by atoms with Gasteiger partial charge in [-0.15, -0.1) is 6.42 Å². The Labute approximate surface area is 37.3 Å². The van der Waals surface area contributed by atoms with E-state index in [4.69, 9.17) is 11.5 Å². The number of rotatable bonds is 1. The molecule has 0 bridgehead atoms. The van der Waals surface area contributed by atoms with Crippen LogP contribution in [0.15, 0.2) is 12.7 Å². The quantitative estimate of drug-likeness (QED) is 0.353. The van der Waals surface area contributed by atoms with Crippen molar-refractivity contribution in [1.82, 2.24) is 0 Å². The van der Waals surface area contributed by atoms with Crippen LogP contribution in [0.5, 0.6) is 0 Å². The van der Waals surface area contributed by atoms with Crippen LogP contribution in [0.2, 0.25) is 0 Å². The van der Waals surface area contributed by atoms with Crippen LogP contribution in [0, 0.1) is 12.3 Å². The SMILES string of the molecule is C#C[C@H](O)C=C. The smallest absolute Gasteiger partial charge is 0.132 e. The van der Waals surface area contributed by atoms with E-state index in [2.05, 4.69) is 12.5 Å². The van der Waals surface area contributed by atoms with E-state index >= 15 is 0 Å². The topological polar surface area (TPSA) is 20.2 Å². The highest BCUT2D eigenvalue weighted by atomic mass is 16.3. The number of hydrogen-bond donors (Lipinski definition) is 1. The molecule has 6 heavy (non-hydrogen) atoms. The summed E-state index contributed by atoms with van der Waals surface area (Å²) in [5.74, 6) is 2.05. The monoisotopic (exact) mass is 82.0 g/mol. The minimum Gasteiger partial charge on any atom is -0.377 e. The molecule has 0 aliphatic carbocycles. The molecule has 0 aromatic heterocycles. The van der Waals surface area contributed by atoms with E-state index in [0.29, 0.717) is 0 Å². The van der Waals surface area contributed by atoms with Gasteiger partial charge in [-0.25, -0.2) is 0 Å². The molecule has 1 atom stereocenters. The third kappa shape index (κ3) is 1.57. The molecule has 0 amide bonds. The van der Waals surface area contributed by atoms with Crippen molar-refractivity contribution in [2.45, 2.75) is 6.10 Å². The van der Waals surface area contributed by atoms with Gasteiger partial charge in [0, 0.05) is 0 Å². The van der Waals surface area contributed by atoms with E-state index in [1.807, 2.05) is 0 Å². The zero-order chi connectivity index (χ0) is 4.99. The van der Waals surface area contributed by atoms with Crippen molar-refractivity contribution < 1.29 is 5.11 Å². The van der Waals surface area contributed by atoms with E-state index < -0.39 is 6.10 Å². The van der Waals surface area contributed by atoms with Crippen LogP contribution >= 0.6 is 0 Å². The van der Waals surface area contributed by atoms with Crippen molar-refractivity contribution in [3.8, 4) is 12.3 Å². The van der Waals surface area contributed by atoms with Gasteiger partial charge >= 0.3 is 0 Å². The Hall–Kier alpha value is -0.740. The fraction of sp³-hybridized carbons (Fsp3) is 0.200. The van der Waals surface area contributed by atoms with Crippen LogP contribution in [-0.4, -0.2) is 11.2 Å². The van der Waals surface area contributed by atoms with Crippen molar-refractivity contribution in [2.75, 3.05) is 0 Å². The molecular formula is C5H6O. The second-order valence-corrected chi connectivity index (χ2v) is 0.847. The molecule has 0 unspecified atom stereocenters. The first-order valence-corrected chi connectivity index (χ1v) is 1.58. The first-order valence-electron chi connectivity index (χ1n) is 1.58. The van der Waals surface area contributed by atoms with Crippen LogP contribution in [0.1, 0.15) is 0 Å². The van der Waals surface area contributed by atoms with Crippen LogP contribution in [0.25, 0.3) is 0 Å². The molecule has 0 aromatic carbocycles. The van der Waals surface area contributed by atoms with Gasteiger partial charge in [-0.2, -0.15) is 0 Å². The number of aliphatic hydroxyl groups excluding tert-OH is 1. The maximum absolute atomic E-state index is 8.31. The van der Waals surface area contributed by atoms with Crippen molar-refractivity contribution >= 4 is 0 Å². The standard InChI is InChI=1S/C5H6O/c1-3-5(6)4-2/h1,4-6H,2H2/t5-/m0/s1. The average molecular weight is 82.1 g/mol. The van der Waals surface area contributed by atoms with Crippen LogP contribution < -0.4 is 0 Å². The third-order valence-corrected chi connectivity index (χ3v) is 0.394. The molecular weight excluding hydrogens is 76.1 g/mol. The predicted octanol–water partition coefficient (Wildman–Crippen LogP) is 0.167. The zero-order valence-corrected chi connectivity index (χ0v) is 3.39. The zero-order valence-electron chi connectivity index (χ0n) is 3.39. The van der Waals surface area contributed by atoms with Gasteiger partial charge in [-0.05, 0) is 0 Å². The molecule has 1 nitrogen and oxygen atoms in total. The summed E-state index contributed by atoms with van der Waals surface area (Å²) in [5, 5.41) is 8.31. The molecule has 0 aliphatic heterocycles. The van der Waals surface area contributed by atoms with Crippen molar-refractivity contribution in [1.29, 1.82) is 0 Å². The maximum atomic E-state index is 8.31. The van der Waals surface area contributed by atoms with Gasteiger partial charge in [0.25, 0.3) is 0 Å². The van der Waals surface area contributed by atoms with Gasteiger partial charge in [-0.3, -0.25) is 0 Å². The van der Waals surface area contributed by atoms with Crippen molar-refractivity contribution in [2.24, 2.45) is 0 Å². The molecule has 0 radical (unpaired) electrons. The molecule has 0 saturated carbocycles. The van der Waals surface area contributed by atoms with Crippen molar-refractivity contribution in [3.63, 3.8) is 0 Å². The summed E-state index contributed by atoms with van der Waals surface area (Å²) in [6.45, 7) is 3.24. The lowest BCUT2D eigenvalue weighted by atomic mass is 10.4. The first kappa shape index (κ1) is 5.26. The average Bonchev–Trinajstić information content (AvgIpc) is 1.65. The molecule has 0 rings (SSSR count). The number of hydrogen-bond acceptors (Lipinski definition) is 1. The van der Waals surface area contributed by atoms with E-state index in [1.54, 1.807) is 0 Å². The molecule has 0 aliphatic rings. The Balaban J connectivity index is 3.30. The summed E-state index contributed by atoms with van der Waals surface area (Å²) in [5.41, 5.74) is 0. The molecule has 0 saturated heterocycles. The molecule has 0 heterocycles. The van der Waals surface area contributed by atoms with E-state index in [-0.39, 0.29) is 0 Å². The summed E-state index contributed by atoms with van der Waals surface area (Å²) in [4.78, 5) is 0. The van der Waals surface area contributed by atoms with E-state index in [1.165, 1.54) is 6.08 Å². The Kier molecular flexibility index (Phi) is 2.19. The summed E-state index contributed by atoms with van der Waals surface area (Å²) in [7, 11) is 0. The minimum absolute atomic E-state index is 0.773. The van der Waals surface area contributed by atoms with Gasteiger partial charge in [-0.1, -0.05) is 18.6 Å².